The van der Waals surface area contributed by atoms with Crippen molar-refractivity contribution in [1.29, 1.82) is 0 Å². The Morgan fingerprint density at radius 2 is 2.24 bits per heavy atom. The van der Waals surface area contributed by atoms with Gasteiger partial charge >= 0.3 is 5.97 Å². The van der Waals surface area contributed by atoms with Crippen molar-refractivity contribution in [2.75, 3.05) is 6.61 Å². The number of halogens is 1. The third-order valence-corrected chi connectivity index (χ3v) is 3.71. The summed E-state index contributed by atoms with van der Waals surface area (Å²) in [5.41, 5.74) is 0. The summed E-state index contributed by atoms with van der Waals surface area (Å²) >= 11 is 5.57. The number of carboxylic acid groups (broad SMARTS) is 1. The number of nitrogens with one attached hydrogen (secondary N) is 1. The molecule has 3 N–H and O–H groups in total. The van der Waals surface area contributed by atoms with E-state index >= 15 is 0 Å². The summed E-state index contributed by atoms with van der Waals surface area (Å²) in [5, 5.41) is 17.1. The molecule has 0 aliphatic carbocycles. The Labute approximate surface area is 102 Å². The number of nitrogens with zero attached hydrogens (tertiary/aromatic N) is 1. The molecule has 1 aromatic heterocycles. The van der Waals surface area contributed by atoms with Crippen LogP contribution in [-0.2, 0) is 14.8 Å². The summed E-state index contributed by atoms with van der Waals surface area (Å²) in [6.07, 6.45) is 1.29. The molecule has 9 heteroatoms. The molecule has 1 aromatic rings. The van der Waals surface area contributed by atoms with Crippen molar-refractivity contribution in [3.8, 4) is 0 Å². The second-order valence-electron chi connectivity index (χ2n) is 2.99. The summed E-state index contributed by atoms with van der Waals surface area (Å²) in [7, 11) is -4.13. The Morgan fingerprint density at radius 3 is 2.71 bits per heavy atom. The average Bonchev–Trinajstić information content (AvgIpc) is 2.26. The number of hydrogen-bond acceptors (Lipinski definition) is 5. The predicted octanol–water partition coefficient (Wildman–Crippen LogP) is -0.541. The summed E-state index contributed by atoms with van der Waals surface area (Å²) in [6.45, 7) is -0.869. The van der Waals surface area contributed by atoms with E-state index in [0.29, 0.717) is 0 Å². The van der Waals surface area contributed by atoms with Crippen LogP contribution >= 0.6 is 11.6 Å². The maximum Gasteiger partial charge on any atom is 0.324 e. The van der Waals surface area contributed by atoms with Crippen LogP contribution in [0.25, 0.3) is 0 Å². The quantitative estimate of drug-likeness (QED) is 0.624. The number of aliphatic hydroxyl groups excluding tert-OH is 1. The zero-order valence-corrected chi connectivity index (χ0v) is 9.94. The molecule has 0 fully saturated rings. The maximum absolute atomic E-state index is 11.7. The normalized spacial score (nSPS) is 13.3. The number of pyridine rings is 1. The molecule has 0 aromatic carbocycles. The fourth-order valence-corrected chi connectivity index (χ4v) is 2.62. The fourth-order valence-electron chi connectivity index (χ4n) is 0.988. The highest BCUT2D eigenvalue weighted by Crippen LogP contribution is 2.17. The highest BCUT2D eigenvalue weighted by atomic mass is 35.5. The molecule has 0 radical (unpaired) electrons. The third kappa shape index (κ3) is 3.37. The summed E-state index contributed by atoms with van der Waals surface area (Å²) in [5.74, 6) is -1.49. The number of hydrogen-bond donors (Lipinski definition) is 3. The Bertz CT molecular complexity index is 518. The van der Waals surface area contributed by atoms with Crippen LogP contribution in [0.3, 0.4) is 0 Å². The van der Waals surface area contributed by atoms with E-state index in [-0.39, 0.29) is 10.0 Å². The predicted molar refractivity (Wildman–Crippen MR) is 58.1 cm³/mol. The van der Waals surface area contributed by atoms with E-state index in [1.807, 2.05) is 0 Å². The Kier molecular flexibility index (Phi) is 4.40. The van der Waals surface area contributed by atoms with Gasteiger partial charge in [-0.2, -0.15) is 4.72 Å². The van der Waals surface area contributed by atoms with Gasteiger partial charge in [0.05, 0.1) is 6.61 Å². The lowest BCUT2D eigenvalue weighted by Crippen LogP contribution is -2.43. The van der Waals surface area contributed by atoms with E-state index in [4.69, 9.17) is 21.8 Å². The highest BCUT2D eigenvalue weighted by Gasteiger charge is 2.26. The molecule has 0 saturated heterocycles. The monoisotopic (exact) mass is 280 g/mol. The number of rotatable bonds is 5. The van der Waals surface area contributed by atoms with E-state index in [1.165, 1.54) is 18.3 Å². The van der Waals surface area contributed by atoms with Gasteiger partial charge in [0.15, 0.2) is 0 Å². The van der Waals surface area contributed by atoms with Gasteiger partial charge in [-0.1, -0.05) is 11.6 Å². The van der Waals surface area contributed by atoms with E-state index in [0.717, 1.165) is 0 Å². The Balaban J connectivity index is 3.05. The molecule has 0 bridgehead atoms. The lowest BCUT2D eigenvalue weighted by molar-refractivity contribution is -0.139. The van der Waals surface area contributed by atoms with E-state index in [9.17, 15) is 13.2 Å². The molecule has 0 aliphatic heterocycles. The van der Waals surface area contributed by atoms with Crippen molar-refractivity contribution in [2.45, 2.75) is 10.9 Å². The summed E-state index contributed by atoms with van der Waals surface area (Å²) in [6, 6.07) is 0.889. The minimum Gasteiger partial charge on any atom is -0.480 e. The average molecular weight is 281 g/mol. The van der Waals surface area contributed by atoms with Gasteiger partial charge in [0.1, 0.15) is 16.1 Å². The van der Waals surface area contributed by atoms with Gasteiger partial charge in [0.2, 0.25) is 10.0 Å². The number of aliphatic carboxylic acids is 1. The first-order valence-electron chi connectivity index (χ1n) is 4.35. The van der Waals surface area contributed by atoms with Crippen LogP contribution in [0.1, 0.15) is 0 Å². The molecule has 94 valence electrons. The number of aliphatic hydroxyl groups is 1. The summed E-state index contributed by atoms with van der Waals surface area (Å²) in [4.78, 5) is 13.8. The van der Waals surface area contributed by atoms with E-state index in [2.05, 4.69) is 4.98 Å². The maximum atomic E-state index is 11.7. The minimum atomic E-state index is -4.13. The fraction of sp³-hybridized carbons (Fsp3) is 0.250. The largest absolute Gasteiger partial charge is 0.480 e. The van der Waals surface area contributed by atoms with Crippen molar-refractivity contribution in [3.63, 3.8) is 0 Å². The molecule has 17 heavy (non-hydrogen) atoms. The molecular weight excluding hydrogens is 272 g/mol. The van der Waals surface area contributed by atoms with Crippen molar-refractivity contribution in [3.05, 3.63) is 23.5 Å². The van der Waals surface area contributed by atoms with Crippen LogP contribution in [0.5, 0.6) is 0 Å². The van der Waals surface area contributed by atoms with Crippen molar-refractivity contribution in [1.82, 2.24) is 9.71 Å². The van der Waals surface area contributed by atoms with Gasteiger partial charge < -0.3 is 10.2 Å². The zero-order valence-electron chi connectivity index (χ0n) is 8.37. The molecule has 0 spiro atoms. The molecule has 0 amide bonds. The number of carboxylic acids is 1. The number of aromatic nitrogens is 1. The van der Waals surface area contributed by atoms with Gasteiger partial charge in [-0.05, 0) is 12.1 Å². The Morgan fingerprint density at radius 1 is 1.59 bits per heavy atom. The van der Waals surface area contributed by atoms with Gasteiger partial charge in [0, 0.05) is 6.20 Å². The second kappa shape index (κ2) is 5.41. The van der Waals surface area contributed by atoms with Crippen LogP contribution in [0.2, 0.25) is 5.15 Å². The SMILES string of the molecule is O=C(O)C(CO)NS(=O)(=O)c1cccnc1Cl. The highest BCUT2D eigenvalue weighted by molar-refractivity contribution is 7.89. The lowest BCUT2D eigenvalue weighted by Gasteiger charge is -2.12. The van der Waals surface area contributed by atoms with E-state index in [1.54, 1.807) is 4.72 Å². The summed E-state index contributed by atoms with van der Waals surface area (Å²) < 4.78 is 25.2. The van der Waals surface area contributed by atoms with Gasteiger partial charge in [-0.15, -0.1) is 0 Å². The van der Waals surface area contributed by atoms with Crippen LogP contribution < -0.4 is 4.72 Å². The van der Waals surface area contributed by atoms with Gasteiger partial charge in [0.25, 0.3) is 0 Å². The van der Waals surface area contributed by atoms with Crippen LogP contribution in [0.4, 0.5) is 0 Å². The second-order valence-corrected chi connectivity index (χ2v) is 5.03. The van der Waals surface area contributed by atoms with Crippen LogP contribution in [0.15, 0.2) is 23.2 Å². The van der Waals surface area contributed by atoms with Crippen molar-refractivity contribution >= 4 is 27.6 Å². The molecule has 0 saturated carbocycles. The van der Waals surface area contributed by atoms with Crippen molar-refractivity contribution in [2.24, 2.45) is 0 Å². The van der Waals surface area contributed by atoms with Gasteiger partial charge in [-0.3, -0.25) is 4.79 Å². The zero-order chi connectivity index (χ0) is 13.1. The Hall–Kier alpha value is -1.22. The molecular formula is C8H9ClN2O5S. The molecule has 1 heterocycles. The van der Waals surface area contributed by atoms with Crippen LogP contribution in [-0.4, -0.2) is 42.2 Å². The van der Waals surface area contributed by atoms with E-state index < -0.39 is 28.6 Å². The van der Waals surface area contributed by atoms with Crippen LogP contribution in [0, 0.1) is 0 Å². The third-order valence-electron chi connectivity index (χ3n) is 1.79. The minimum absolute atomic E-state index is 0.276. The molecule has 0 aliphatic rings. The lowest BCUT2D eigenvalue weighted by atomic mass is 10.3. The smallest absolute Gasteiger partial charge is 0.324 e. The van der Waals surface area contributed by atoms with Crippen molar-refractivity contribution < 1.29 is 23.4 Å². The first kappa shape index (κ1) is 13.8. The molecule has 1 unspecified atom stereocenters. The molecule has 7 nitrogen and oxygen atoms in total. The molecule has 1 atom stereocenters. The standard InChI is InChI=1S/C8H9ClN2O5S/c9-7-6(2-1-3-10-7)17(15,16)11-5(4-12)8(13)14/h1-3,5,11-12H,4H2,(H,13,14). The number of carbonyl (C=O) groups is 1. The van der Waals surface area contributed by atoms with Gasteiger partial charge in [-0.25, -0.2) is 13.4 Å². The first-order valence-corrected chi connectivity index (χ1v) is 6.21. The topological polar surface area (TPSA) is 117 Å². The first-order chi connectivity index (χ1) is 7.88. The number of sulfonamides is 1. The molecule has 1 rings (SSSR count).